The van der Waals surface area contributed by atoms with Gasteiger partial charge in [-0.15, -0.1) is 0 Å². The fraction of sp³-hybridized carbons (Fsp3) is 0.200. The molecule has 4 heterocycles. The molecule has 8 heteroatoms. The Balaban J connectivity index is 1.32. The molecule has 0 bridgehead atoms. The maximum Gasteiger partial charge on any atom is 0.227 e. The van der Waals surface area contributed by atoms with Crippen LogP contribution in [0.4, 0.5) is 11.6 Å². The summed E-state index contributed by atoms with van der Waals surface area (Å²) >= 11 is 0. The van der Waals surface area contributed by atoms with E-state index in [0.717, 1.165) is 71.2 Å². The molecule has 0 unspecified atom stereocenters. The Kier molecular flexibility index (Phi) is 6.42. The van der Waals surface area contributed by atoms with Crippen molar-refractivity contribution in [2.45, 2.75) is 25.9 Å². The molecule has 2 aromatic carbocycles. The molecule has 0 spiro atoms. The highest BCUT2D eigenvalue weighted by atomic mass is 16.5. The van der Waals surface area contributed by atoms with Gasteiger partial charge in [-0.1, -0.05) is 18.2 Å². The molecule has 1 saturated heterocycles. The van der Waals surface area contributed by atoms with Gasteiger partial charge in [0, 0.05) is 23.6 Å². The third kappa shape index (κ3) is 4.80. The van der Waals surface area contributed by atoms with Gasteiger partial charge in [-0.2, -0.15) is 5.26 Å². The topological polar surface area (TPSA) is 100 Å². The van der Waals surface area contributed by atoms with Crippen LogP contribution in [0, 0.1) is 18.3 Å². The second-order valence-corrected chi connectivity index (χ2v) is 9.36. The van der Waals surface area contributed by atoms with Gasteiger partial charge < -0.3 is 15.4 Å². The first-order chi connectivity index (χ1) is 18.7. The zero-order chi connectivity index (χ0) is 25.9. The molecule has 2 N–H and O–H groups in total. The molecule has 0 radical (unpaired) electrons. The number of hydrogen-bond donors (Lipinski definition) is 2. The summed E-state index contributed by atoms with van der Waals surface area (Å²) < 4.78 is 8.21. The highest BCUT2D eigenvalue weighted by molar-refractivity contribution is 5.81. The second-order valence-electron chi connectivity index (χ2n) is 9.36. The molecule has 0 aliphatic carbocycles. The molecule has 0 saturated carbocycles. The second kappa shape index (κ2) is 10.3. The van der Waals surface area contributed by atoms with Crippen LogP contribution in [0.3, 0.4) is 0 Å². The number of nitrogens with zero attached hydrogens (tertiary/aromatic N) is 5. The Morgan fingerprint density at radius 2 is 1.92 bits per heavy atom. The monoisotopic (exact) mass is 501 g/mol. The minimum absolute atomic E-state index is 0.253. The van der Waals surface area contributed by atoms with E-state index in [9.17, 15) is 5.26 Å². The number of piperidine rings is 1. The van der Waals surface area contributed by atoms with Crippen molar-refractivity contribution in [1.82, 2.24) is 24.7 Å². The average Bonchev–Trinajstić information content (AvgIpc) is 3.35. The number of aryl methyl sites for hydroxylation is 1. The molecule has 1 aliphatic rings. The van der Waals surface area contributed by atoms with Gasteiger partial charge in [-0.05, 0) is 86.9 Å². The van der Waals surface area contributed by atoms with E-state index in [4.69, 9.17) is 14.7 Å². The zero-order valence-corrected chi connectivity index (χ0v) is 21.1. The summed E-state index contributed by atoms with van der Waals surface area (Å²) in [4.78, 5) is 14.2. The van der Waals surface area contributed by atoms with Crippen LogP contribution in [-0.4, -0.2) is 38.5 Å². The van der Waals surface area contributed by atoms with Gasteiger partial charge in [0.05, 0.1) is 28.7 Å². The minimum atomic E-state index is 0.253. The molecule has 6 rings (SSSR count). The number of anilines is 2. The Hall–Kier alpha value is -4.74. The highest BCUT2D eigenvalue weighted by Gasteiger charge is 2.19. The van der Waals surface area contributed by atoms with Crippen molar-refractivity contribution in [3.8, 4) is 34.5 Å². The number of pyridine rings is 1. The smallest absolute Gasteiger partial charge is 0.227 e. The zero-order valence-electron chi connectivity index (χ0n) is 21.1. The van der Waals surface area contributed by atoms with Gasteiger partial charge in [-0.3, -0.25) is 4.40 Å². The predicted molar refractivity (Wildman–Crippen MR) is 147 cm³/mol. The third-order valence-corrected chi connectivity index (χ3v) is 6.73. The van der Waals surface area contributed by atoms with Crippen molar-refractivity contribution < 1.29 is 4.74 Å². The minimum Gasteiger partial charge on any atom is -0.490 e. The van der Waals surface area contributed by atoms with E-state index in [2.05, 4.69) is 27.8 Å². The summed E-state index contributed by atoms with van der Waals surface area (Å²) in [5.41, 5.74) is 6.52. The van der Waals surface area contributed by atoms with Crippen molar-refractivity contribution in [3.05, 3.63) is 90.3 Å². The summed E-state index contributed by atoms with van der Waals surface area (Å²) in [5.74, 6) is 1.37. The van der Waals surface area contributed by atoms with Crippen LogP contribution >= 0.6 is 0 Å². The number of nitriles is 1. The largest absolute Gasteiger partial charge is 0.490 e. The van der Waals surface area contributed by atoms with E-state index in [0.29, 0.717) is 11.5 Å². The van der Waals surface area contributed by atoms with Crippen molar-refractivity contribution >= 4 is 17.3 Å². The van der Waals surface area contributed by atoms with Crippen molar-refractivity contribution in [3.63, 3.8) is 0 Å². The lowest BCUT2D eigenvalue weighted by Crippen LogP contribution is -2.34. The van der Waals surface area contributed by atoms with Gasteiger partial charge >= 0.3 is 0 Å². The molecule has 1 aliphatic heterocycles. The fourth-order valence-corrected chi connectivity index (χ4v) is 4.80. The molecule has 0 atom stereocenters. The fourth-order valence-electron chi connectivity index (χ4n) is 4.80. The highest BCUT2D eigenvalue weighted by Crippen LogP contribution is 2.33. The van der Waals surface area contributed by atoms with Crippen molar-refractivity contribution in [1.29, 1.82) is 5.26 Å². The van der Waals surface area contributed by atoms with Crippen molar-refractivity contribution in [2.75, 3.05) is 18.4 Å². The summed E-state index contributed by atoms with van der Waals surface area (Å²) in [5, 5.41) is 16.2. The van der Waals surface area contributed by atoms with Crippen LogP contribution in [0.1, 0.15) is 24.0 Å². The molecule has 1 fully saturated rings. The molecule has 3 aromatic heterocycles. The lowest BCUT2D eigenvalue weighted by Gasteiger charge is -2.24. The number of nitrogens with one attached hydrogen (secondary N) is 2. The molecule has 188 valence electrons. The Labute approximate surface area is 221 Å². The maximum absolute atomic E-state index is 9.42. The molecule has 0 amide bonds. The summed E-state index contributed by atoms with van der Waals surface area (Å²) in [6.45, 7) is 4.04. The Bertz CT molecular complexity index is 1650. The molecule has 5 aromatic rings. The van der Waals surface area contributed by atoms with E-state index >= 15 is 0 Å². The van der Waals surface area contributed by atoms with Crippen molar-refractivity contribution in [2.24, 2.45) is 0 Å². The van der Waals surface area contributed by atoms with E-state index < -0.39 is 0 Å². The first-order valence-electron chi connectivity index (χ1n) is 12.7. The number of imidazole rings is 1. The predicted octanol–water partition coefficient (Wildman–Crippen LogP) is 5.51. The van der Waals surface area contributed by atoms with E-state index in [1.54, 1.807) is 12.3 Å². The standard InChI is InChI=1S/C30H27N7O/c1-20-17-24(38-23-10-13-32-14-11-23)8-9-25(20)34-30-33-15-12-26(35-30)29-28(22-6-4-5-21(18-22)19-31)36-27-7-2-3-16-37(27)29/h2-9,12,15-18,23,32H,10-11,13-14H2,1H3,(H,33,34,35). The van der Waals surface area contributed by atoms with Gasteiger partial charge in [0.2, 0.25) is 5.95 Å². The normalized spacial score (nSPS) is 13.8. The summed E-state index contributed by atoms with van der Waals surface area (Å²) in [6, 6.07) is 23.5. The molecular weight excluding hydrogens is 474 g/mol. The molecule has 8 nitrogen and oxygen atoms in total. The van der Waals surface area contributed by atoms with E-state index in [1.165, 1.54) is 0 Å². The molecule has 38 heavy (non-hydrogen) atoms. The van der Waals surface area contributed by atoms with E-state index in [-0.39, 0.29) is 6.10 Å². The number of rotatable bonds is 6. The third-order valence-electron chi connectivity index (χ3n) is 6.73. The van der Waals surface area contributed by atoms with Crippen LogP contribution in [0.2, 0.25) is 0 Å². The van der Waals surface area contributed by atoms with Crippen LogP contribution in [0.5, 0.6) is 5.75 Å². The van der Waals surface area contributed by atoms with Gasteiger partial charge in [0.25, 0.3) is 0 Å². The van der Waals surface area contributed by atoms with Crippen LogP contribution < -0.4 is 15.4 Å². The first-order valence-corrected chi connectivity index (χ1v) is 12.7. The van der Waals surface area contributed by atoms with Gasteiger partial charge in [-0.25, -0.2) is 15.0 Å². The number of ether oxygens (including phenoxy) is 1. The Morgan fingerprint density at radius 3 is 2.76 bits per heavy atom. The van der Waals surface area contributed by atoms with E-state index in [1.807, 2.05) is 72.1 Å². The lowest BCUT2D eigenvalue weighted by molar-refractivity contribution is 0.162. The Morgan fingerprint density at radius 1 is 1.03 bits per heavy atom. The van der Waals surface area contributed by atoms with Gasteiger partial charge in [0.15, 0.2) is 0 Å². The van der Waals surface area contributed by atoms with Gasteiger partial charge in [0.1, 0.15) is 17.5 Å². The van der Waals surface area contributed by atoms with Crippen LogP contribution in [0.25, 0.3) is 28.3 Å². The lowest BCUT2D eigenvalue weighted by atomic mass is 10.1. The molecular formula is C30H27N7O. The SMILES string of the molecule is Cc1cc(OC2CCNCC2)ccc1Nc1nccc(-c2c(-c3cccc(C#N)c3)nc3ccccn23)n1. The summed E-state index contributed by atoms with van der Waals surface area (Å²) in [6.07, 6.45) is 6.00. The first kappa shape index (κ1) is 23.6. The van der Waals surface area contributed by atoms with Crippen LogP contribution in [0.15, 0.2) is 79.1 Å². The maximum atomic E-state index is 9.42. The number of hydrogen-bond acceptors (Lipinski definition) is 7. The summed E-state index contributed by atoms with van der Waals surface area (Å²) in [7, 11) is 0. The number of aromatic nitrogens is 4. The quantitative estimate of drug-likeness (QED) is 0.316. The average molecular weight is 502 g/mol. The van der Waals surface area contributed by atoms with Crippen LogP contribution in [-0.2, 0) is 0 Å². The number of benzene rings is 2. The number of fused-ring (bicyclic) bond motifs is 1.